The van der Waals surface area contributed by atoms with Gasteiger partial charge in [-0.2, -0.15) is 9.49 Å². The molecule has 2 aromatic carbocycles. The zero-order chi connectivity index (χ0) is 19.8. The van der Waals surface area contributed by atoms with Crippen LogP contribution >= 0.6 is 11.6 Å². The number of aryl methyl sites for hydroxylation is 2. The van der Waals surface area contributed by atoms with Gasteiger partial charge in [-0.05, 0) is 55.8 Å². The van der Waals surface area contributed by atoms with Crippen molar-refractivity contribution in [3.8, 4) is 11.3 Å². The summed E-state index contributed by atoms with van der Waals surface area (Å²) >= 11 is 5.94. The second-order valence-corrected chi connectivity index (χ2v) is 7.21. The van der Waals surface area contributed by atoms with E-state index in [0.29, 0.717) is 27.2 Å². The van der Waals surface area contributed by atoms with Gasteiger partial charge in [0.05, 0.1) is 17.5 Å². The zero-order valence-electron chi connectivity index (χ0n) is 15.4. The Balaban J connectivity index is 1.97. The van der Waals surface area contributed by atoms with Gasteiger partial charge in [0, 0.05) is 16.1 Å². The summed E-state index contributed by atoms with van der Waals surface area (Å²) in [5.74, 6) is -0.605. The highest BCUT2D eigenvalue weighted by Crippen LogP contribution is 2.27. The predicted molar refractivity (Wildman–Crippen MR) is 109 cm³/mol. The Bertz CT molecular complexity index is 1250. The van der Waals surface area contributed by atoms with Crippen LogP contribution in [-0.4, -0.2) is 14.8 Å². The molecule has 2 heterocycles. The molecule has 6 heteroatoms. The van der Waals surface area contributed by atoms with Crippen LogP contribution in [0.25, 0.3) is 22.0 Å². The third kappa shape index (κ3) is 3.41. The van der Waals surface area contributed by atoms with Gasteiger partial charge in [-0.3, -0.25) is 4.79 Å². The maximum atomic E-state index is 14.6. The van der Waals surface area contributed by atoms with Gasteiger partial charge in [-0.1, -0.05) is 35.4 Å². The highest BCUT2D eigenvalue weighted by molar-refractivity contribution is 6.30. The van der Waals surface area contributed by atoms with E-state index in [1.54, 1.807) is 37.3 Å². The molecular weight excluding hydrogens is 377 g/mol. The SMILES string of the molecule is Cc1ccc2c(=O)n(Cc3ccc(Cl)cc3)nc(-c3ccc(C)nc3F)c2c1. The molecule has 0 unspecified atom stereocenters. The molecule has 0 N–H and O–H groups in total. The van der Waals surface area contributed by atoms with Crippen LogP contribution in [0.3, 0.4) is 0 Å². The number of hydrogen-bond acceptors (Lipinski definition) is 3. The summed E-state index contributed by atoms with van der Waals surface area (Å²) in [5, 5.41) is 6.23. The summed E-state index contributed by atoms with van der Waals surface area (Å²) in [5.41, 5.74) is 2.86. The lowest BCUT2D eigenvalue weighted by molar-refractivity contribution is 0.581. The Kier molecular flexibility index (Phi) is 4.69. The number of benzene rings is 2. The van der Waals surface area contributed by atoms with Crippen LogP contribution in [0.1, 0.15) is 16.8 Å². The first-order chi connectivity index (χ1) is 13.4. The number of fused-ring (bicyclic) bond motifs is 1. The lowest BCUT2D eigenvalue weighted by Crippen LogP contribution is -2.24. The van der Waals surface area contributed by atoms with Gasteiger partial charge in [0.2, 0.25) is 5.95 Å². The van der Waals surface area contributed by atoms with E-state index in [1.807, 2.05) is 31.2 Å². The largest absolute Gasteiger partial charge is 0.274 e. The topological polar surface area (TPSA) is 47.8 Å². The van der Waals surface area contributed by atoms with Crippen molar-refractivity contribution in [2.75, 3.05) is 0 Å². The van der Waals surface area contributed by atoms with E-state index in [9.17, 15) is 9.18 Å². The lowest BCUT2D eigenvalue weighted by atomic mass is 10.0. The average molecular weight is 394 g/mol. The molecular formula is C22H17ClFN3O. The van der Waals surface area contributed by atoms with Crippen molar-refractivity contribution in [1.29, 1.82) is 0 Å². The Labute approximate surface area is 166 Å². The quantitative estimate of drug-likeness (QED) is 0.464. The number of hydrogen-bond donors (Lipinski definition) is 0. The van der Waals surface area contributed by atoms with E-state index in [2.05, 4.69) is 10.1 Å². The summed E-state index contributed by atoms with van der Waals surface area (Å²) in [6, 6.07) is 16.1. The average Bonchev–Trinajstić information content (AvgIpc) is 2.66. The molecule has 0 aliphatic carbocycles. The van der Waals surface area contributed by atoms with Crippen LogP contribution in [-0.2, 0) is 6.54 Å². The summed E-state index contributed by atoms with van der Waals surface area (Å²) < 4.78 is 16.0. The number of halogens is 2. The molecule has 0 aliphatic rings. The van der Waals surface area contributed by atoms with Gasteiger partial charge in [0.15, 0.2) is 0 Å². The van der Waals surface area contributed by atoms with E-state index >= 15 is 0 Å². The summed E-state index contributed by atoms with van der Waals surface area (Å²) in [6.07, 6.45) is 0. The fourth-order valence-corrected chi connectivity index (χ4v) is 3.30. The van der Waals surface area contributed by atoms with Gasteiger partial charge in [0.25, 0.3) is 5.56 Å². The van der Waals surface area contributed by atoms with Crippen molar-refractivity contribution in [3.05, 3.63) is 92.7 Å². The van der Waals surface area contributed by atoms with Crippen LogP contribution in [0.15, 0.2) is 59.4 Å². The minimum Gasteiger partial charge on any atom is -0.267 e. The number of pyridine rings is 1. The molecule has 4 nitrogen and oxygen atoms in total. The fourth-order valence-electron chi connectivity index (χ4n) is 3.17. The molecule has 4 aromatic rings. The Morgan fingerprint density at radius 3 is 2.46 bits per heavy atom. The van der Waals surface area contributed by atoms with Gasteiger partial charge in [-0.15, -0.1) is 0 Å². The first-order valence-corrected chi connectivity index (χ1v) is 9.19. The van der Waals surface area contributed by atoms with Crippen molar-refractivity contribution in [2.45, 2.75) is 20.4 Å². The molecule has 2 aromatic heterocycles. The first kappa shape index (κ1) is 18.3. The second kappa shape index (κ2) is 7.17. The summed E-state index contributed by atoms with van der Waals surface area (Å²) in [7, 11) is 0. The number of nitrogens with zero attached hydrogens (tertiary/aromatic N) is 3. The van der Waals surface area contributed by atoms with Gasteiger partial charge < -0.3 is 0 Å². The van der Waals surface area contributed by atoms with Crippen molar-refractivity contribution in [3.63, 3.8) is 0 Å². The molecule has 0 fully saturated rings. The van der Waals surface area contributed by atoms with Crippen LogP contribution in [0.4, 0.5) is 4.39 Å². The standard InChI is InChI=1S/C22H17ClFN3O/c1-13-3-9-17-19(11-13)20(18-10-4-14(2)25-21(18)24)26-27(22(17)28)12-15-5-7-16(23)8-6-15/h3-11H,12H2,1-2H3. The van der Waals surface area contributed by atoms with E-state index in [-0.39, 0.29) is 17.7 Å². The maximum absolute atomic E-state index is 14.6. The molecule has 0 amide bonds. The van der Waals surface area contributed by atoms with Crippen LogP contribution < -0.4 is 5.56 Å². The normalized spacial score (nSPS) is 11.1. The number of aromatic nitrogens is 3. The molecule has 0 spiro atoms. The van der Waals surface area contributed by atoms with E-state index < -0.39 is 5.95 Å². The van der Waals surface area contributed by atoms with Gasteiger partial charge in [-0.25, -0.2) is 9.67 Å². The van der Waals surface area contributed by atoms with Crippen molar-refractivity contribution in [1.82, 2.24) is 14.8 Å². The van der Waals surface area contributed by atoms with Crippen molar-refractivity contribution in [2.24, 2.45) is 0 Å². The monoisotopic (exact) mass is 393 g/mol. The molecule has 0 atom stereocenters. The second-order valence-electron chi connectivity index (χ2n) is 6.78. The lowest BCUT2D eigenvalue weighted by Gasteiger charge is -2.12. The summed E-state index contributed by atoms with van der Waals surface area (Å²) in [6.45, 7) is 3.91. The Morgan fingerprint density at radius 2 is 1.75 bits per heavy atom. The molecule has 0 aliphatic heterocycles. The highest BCUT2D eigenvalue weighted by atomic mass is 35.5. The molecule has 0 bridgehead atoms. The minimum atomic E-state index is -0.605. The maximum Gasteiger partial charge on any atom is 0.274 e. The molecule has 0 saturated heterocycles. The predicted octanol–water partition coefficient (Wildman–Crippen LogP) is 4.92. The molecule has 4 rings (SSSR count). The zero-order valence-corrected chi connectivity index (χ0v) is 16.2. The molecule has 0 saturated carbocycles. The Morgan fingerprint density at radius 1 is 1.00 bits per heavy atom. The number of rotatable bonds is 3. The van der Waals surface area contributed by atoms with Crippen molar-refractivity contribution < 1.29 is 4.39 Å². The van der Waals surface area contributed by atoms with Crippen LogP contribution in [0.5, 0.6) is 0 Å². The first-order valence-electron chi connectivity index (χ1n) is 8.82. The third-order valence-electron chi connectivity index (χ3n) is 4.60. The fraction of sp³-hybridized carbons (Fsp3) is 0.136. The minimum absolute atomic E-state index is 0.228. The smallest absolute Gasteiger partial charge is 0.267 e. The van der Waals surface area contributed by atoms with Crippen LogP contribution in [0, 0.1) is 19.8 Å². The van der Waals surface area contributed by atoms with E-state index in [1.165, 1.54) is 4.68 Å². The van der Waals surface area contributed by atoms with E-state index in [0.717, 1.165) is 11.1 Å². The third-order valence-corrected chi connectivity index (χ3v) is 4.86. The molecule has 140 valence electrons. The van der Waals surface area contributed by atoms with Crippen LogP contribution in [0.2, 0.25) is 5.02 Å². The summed E-state index contributed by atoms with van der Waals surface area (Å²) in [4.78, 5) is 16.9. The highest BCUT2D eigenvalue weighted by Gasteiger charge is 2.16. The molecule has 0 radical (unpaired) electrons. The van der Waals surface area contributed by atoms with E-state index in [4.69, 9.17) is 11.6 Å². The van der Waals surface area contributed by atoms with Gasteiger partial charge in [0.1, 0.15) is 5.69 Å². The van der Waals surface area contributed by atoms with Crippen molar-refractivity contribution >= 4 is 22.4 Å². The molecule has 28 heavy (non-hydrogen) atoms. The Hall–Kier alpha value is -3.05. The van der Waals surface area contributed by atoms with Gasteiger partial charge >= 0.3 is 0 Å².